The van der Waals surface area contributed by atoms with Gasteiger partial charge in [-0.15, -0.1) is 20.4 Å². The lowest BCUT2D eigenvalue weighted by molar-refractivity contribution is -0.113. The molecule has 0 saturated heterocycles. The number of amides is 2. The lowest BCUT2D eigenvalue weighted by Crippen LogP contribution is -2.25. The van der Waals surface area contributed by atoms with Crippen molar-refractivity contribution in [3.63, 3.8) is 0 Å². The number of rotatable bonds is 8. The zero-order valence-electron chi connectivity index (χ0n) is 17.7. The molecule has 2 heterocycles. The summed E-state index contributed by atoms with van der Waals surface area (Å²) >= 11 is 5.88. The lowest BCUT2D eigenvalue weighted by atomic mass is 10.2. The van der Waals surface area contributed by atoms with E-state index in [0.29, 0.717) is 16.1 Å². The van der Waals surface area contributed by atoms with E-state index in [1.54, 1.807) is 17.6 Å². The van der Waals surface area contributed by atoms with Crippen LogP contribution in [0, 0.1) is 12.7 Å². The summed E-state index contributed by atoms with van der Waals surface area (Å²) in [6.07, 6.45) is 0. The standard InChI is InChI=1S/C21H17BrFN7O2S2/c1-12-26-28-20(34-12)25-18(31)11-33-21-29-27-17(30(21)14-8-6-13(22)7-9-14)10-24-19(32)15-4-2-3-5-16(15)23/h2-9H,10-11H2,1H3,(H,24,32)(H,25,28,31). The van der Waals surface area contributed by atoms with Crippen molar-refractivity contribution in [2.75, 3.05) is 11.1 Å². The first-order valence-electron chi connectivity index (χ1n) is 9.86. The van der Waals surface area contributed by atoms with E-state index in [1.807, 2.05) is 24.3 Å². The fraction of sp³-hybridized carbons (Fsp3) is 0.143. The van der Waals surface area contributed by atoms with Crippen molar-refractivity contribution in [3.8, 4) is 5.69 Å². The van der Waals surface area contributed by atoms with Crippen molar-refractivity contribution in [1.29, 1.82) is 0 Å². The molecule has 0 unspecified atom stereocenters. The van der Waals surface area contributed by atoms with Crippen LogP contribution in [0.15, 0.2) is 58.2 Å². The number of anilines is 1. The van der Waals surface area contributed by atoms with E-state index in [0.717, 1.165) is 15.2 Å². The number of aryl methyl sites for hydroxylation is 1. The maximum absolute atomic E-state index is 13.9. The second kappa shape index (κ2) is 10.8. The van der Waals surface area contributed by atoms with Crippen LogP contribution < -0.4 is 10.6 Å². The first-order chi connectivity index (χ1) is 16.4. The lowest BCUT2D eigenvalue weighted by Gasteiger charge is -2.11. The Bertz CT molecular complexity index is 1330. The first kappa shape index (κ1) is 24.0. The van der Waals surface area contributed by atoms with Crippen LogP contribution in [0.3, 0.4) is 0 Å². The molecule has 0 spiro atoms. The maximum atomic E-state index is 13.9. The van der Waals surface area contributed by atoms with E-state index >= 15 is 0 Å². The van der Waals surface area contributed by atoms with Crippen LogP contribution in [0.25, 0.3) is 5.69 Å². The van der Waals surface area contributed by atoms with Crippen LogP contribution >= 0.6 is 39.0 Å². The molecule has 0 aliphatic heterocycles. The highest BCUT2D eigenvalue weighted by molar-refractivity contribution is 9.10. The SMILES string of the molecule is Cc1nnc(NC(=O)CSc2nnc(CNC(=O)c3ccccc3F)n2-c2ccc(Br)cc2)s1. The number of benzene rings is 2. The highest BCUT2D eigenvalue weighted by Crippen LogP contribution is 2.24. The van der Waals surface area contributed by atoms with Crippen LogP contribution in [-0.2, 0) is 11.3 Å². The Labute approximate surface area is 210 Å². The van der Waals surface area contributed by atoms with Crippen LogP contribution in [0.2, 0.25) is 0 Å². The minimum atomic E-state index is -0.609. The van der Waals surface area contributed by atoms with Gasteiger partial charge in [-0.3, -0.25) is 19.5 Å². The molecule has 2 aromatic heterocycles. The molecular formula is C21H17BrFN7O2S2. The first-order valence-corrected chi connectivity index (χ1v) is 12.5. The Hall–Kier alpha value is -3.16. The Morgan fingerprint density at radius 2 is 1.85 bits per heavy atom. The van der Waals surface area contributed by atoms with Gasteiger partial charge >= 0.3 is 0 Å². The third-order valence-corrected chi connectivity index (χ3v) is 6.63. The van der Waals surface area contributed by atoms with E-state index in [9.17, 15) is 14.0 Å². The van der Waals surface area contributed by atoms with Gasteiger partial charge in [0.1, 0.15) is 10.8 Å². The molecule has 0 atom stereocenters. The van der Waals surface area contributed by atoms with Crippen LogP contribution in [0.4, 0.5) is 9.52 Å². The summed E-state index contributed by atoms with van der Waals surface area (Å²) in [6, 6.07) is 13.2. The number of halogens is 2. The van der Waals surface area contributed by atoms with Crippen LogP contribution in [0.5, 0.6) is 0 Å². The van der Waals surface area contributed by atoms with Gasteiger partial charge < -0.3 is 5.32 Å². The van der Waals surface area contributed by atoms with E-state index in [1.165, 1.54) is 41.3 Å². The van der Waals surface area contributed by atoms with E-state index < -0.39 is 11.7 Å². The summed E-state index contributed by atoms with van der Waals surface area (Å²) in [7, 11) is 0. The molecule has 0 saturated carbocycles. The van der Waals surface area contributed by atoms with Gasteiger partial charge in [0.15, 0.2) is 11.0 Å². The molecule has 0 aliphatic carbocycles. The molecule has 0 radical (unpaired) electrons. The zero-order chi connectivity index (χ0) is 24.1. The number of thioether (sulfide) groups is 1. The van der Waals surface area contributed by atoms with Crippen molar-refractivity contribution < 1.29 is 14.0 Å². The van der Waals surface area contributed by atoms with Crippen LogP contribution in [-0.4, -0.2) is 42.5 Å². The topological polar surface area (TPSA) is 115 Å². The van der Waals surface area contributed by atoms with Gasteiger partial charge in [-0.25, -0.2) is 4.39 Å². The number of hydrogen-bond donors (Lipinski definition) is 2. The summed E-state index contributed by atoms with van der Waals surface area (Å²) in [4.78, 5) is 24.8. The maximum Gasteiger partial charge on any atom is 0.254 e. The van der Waals surface area contributed by atoms with Crippen molar-refractivity contribution >= 4 is 56.0 Å². The normalized spacial score (nSPS) is 10.8. The van der Waals surface area contributed by atoms with Crippen molar-refractivity contribution in [2.24, 2.45) is 0 Å². The summed E-state index contributed by atoms with van der Waals surface area (Å²) in [5.41, 5.74) is 0.682. The zero-order valence-corrected chi connectivity index (χ0v) is 20.9. The molecule has 2 amide bonds. The van der Waals surface area contributed by atoms with Gasteiger partial charge in [0.05, 0.1) is 17.9 Å². The molecule has 2 N–H and O–H groups in total. The molecule has 0 aliphatic rings. The minimum absolute atomic E-state index is 0.00699. The molecule has 0 fully saturated rings. The van der Waals surface area contributed by atoms with Gasteiger partial charge in [0, 0.05) is 10.2 Å². The predicted octanol–water partition coefficient (Wildman–Crippen LogP) is 3.99. The molecule has 34 heavy (non-hydrogen) atoms. The minimum Gasteiger partial charge on any atom is -0.345 e. The Kier molecular flexibility index (Phi) is 7.65. The van der Waals surface area contributed by atoms with Gasteiger partial charge in [0.2, 0.25) is 11.0 Å². The Balaban J connectivity index is 1.51. The summed E-state index contributed by atoms with van der Waals surface area (Å²) in [6.45, 7) is 1.81. The summed E-state index contributed by atoms with van der Waals surface area (Å²) in [5.74, 6) is -0.947. The van der Waals surface area contributed by atoms with Crippen molar-refractivity contribution in [2.45, 2.75) is 18.6 Å². The predicted molar refractivity (Wildman–Crippen MR) is 131 cm³/mol. The smallest absolute Gasteiger partial charge is 0.254 e. The quantitative estimate of drug-likeness (QED) is 0.312. The van der Waals surface area contributed by atoms with E-state index in [2.05, 4.69) is 47.0 Å². The molecular weight excluding hydrogens is 545 g/mol. The third kappa shape index (κ3) is 5.85. The molecule has 0 bridgehead atoms. The molecule has 13 heteroatoms. The van der Waals surface area contributed by atoms with Gasteiger partial charge in [-0.2, -0.15) is 0 Å². The second-order valence-electron chi connectivity index (χ2n) is 6.84. The Morgan fingerprint density at radius 1 is 1.09 bits per heavy atom. The van der Waals surface area contributed by atoms with Crippen molar-refractivity contribution in [3.05, 3.63) is 75.2 Å². The number of hydrogen-bond acceptors (Lipinski definition) is 8. The van der Waals surface area contributed by atoms with Gasteiger partial charge in [-0.1, -0.05) is 51.2 Å². The van der Waals surface area contributed by atoms with E-state index in [-0.39, 0.29) is 23.8 Å². The fourth-order valence-electron chi connectivity index (χ4n) is 2.89. The largest absolute Gasteiger partial charge is 0.345 e. The second-order valence-corrected chi connectivity index (χ2v) is 9.88. The summed E-state index contributed by atoms with van der Waals surface area (Å²) < 4.78 is 16.6. The Morgan fingerprint density at radius 3 is 2.56 bits per heavy atom. The van der Waals surface area contributed by atoms with Crippen molar-refractivity contribution in [1.82, 2.24) is 30.3 Å². The number of carbonyl (C=O) groups is 2. The highest BCUT2D eigenvalue weighted by Gasteiger charge is 2.18. The van der Waals surface area contributed by atoms with E-state index in [4.69, 9.17) is 0 Å². The average molecular weight is 562 g/mol. The highest BCUT2D eigenvalue weighted by atomic mass is 79.9. The fourth-order valence-corrected chi connectivity index (χ4v) is 4.53. The number of nitrogens with zero attached hydrogens (tertiary/aromatic N) is 5. The number of aromatic nitrogens is 5. The third-order valence-electron chi connectivity index (χ3n) is 4.42. The van der Waals surface area contributed by atoms with Gasteiger partial charge in [0.25, 0.3) is 5.91 Å². The number of nitrogens with one attached hydrogen (secondary N) is 2. The molecule has 174 valence electrons. The molecule has 9 nitrogen and oxygen atoms in total. The van der Waals surface area contributed by atoms with Gasteiger partial charge in [-0.05, 0) is 43.3 Å². The summed E-state index contributed by atoms with van der Waals surface area (Å²) in [5, 5.41) is 23.2. The monoisotopic (exact) mass is 561 g/mol. The van der Waals surface area contributed by atoms with Crippen LogP contribution in [0.1, 0.15) is 21.2 Å². The average Bonchev–Trinajstić information content (AvgIpc) is 3.42. The molecule has 4 rings (SSSR count). The molecule has 2 aromatic carbocycles. The number of carbonyl (C=O) groups excluding carboxylic acids is 2. The molecule has 4 aromatic rings.